The summed E-state index contributed by atoms with van der Waals surface area (Å²) in [6.07, 6.45) is 2.42. The Kier molecular flexibility index (Phi) is 5.48. The first kappa shape index (κ1) is 11.7. The van der Waals surface area contributed by atoms with Crippen molar-refractivity contribution in [2.45, 2.75) is 26.2 Å². The van der Waals surface area contributed by atoms with Crippen LogP contribution in [0.1, 0.15) is 25.3 Å². The second-order valence-electron chi connectivity index (χ2n) is 3.38. The first-order valence-electron chi connectivity index (χ1n) is 5.29. The van der Waals surface area contributed by atoms with Crippen molar-refractivity contribution in [3.63, 3.8) is 0 Å². The highest BCUT2D eigenvalue weighted by atomic mass is 16.7. The van der Waals surface area contributed by atoms with Gasteiger partial charge in [-0.1, -0.05) is 43.7 Å². The molecule has 3 heteroatoms. The van der Waals surface area contributed by atoms with Gasteiger partial charge in [-0.05, 0) is 12.0 Å². The lowest BCUT2D eigenvalue weighted by molar-refractivity contribution is -0.150. The van der Waals surface area contributed by atoms with Crippen molar-refractivity contribution in [1.82, 2.24) is 5.48 Å². The second kappa shape index (κ2) is 7.01. The molecule has 1 N–H and O–H groups in total. The van der Waals surface area contributed by atoms with E-state index in [0.29, 0.717) is 6.42 Å². The van der Waals surface area contributed by atoms with E-state index in [2.05, 4.69) is 12.4 Å². The fourth-order valence-corrected chi connectivity index (χ4v) is 1.18. The van der Waals surface area contributed by atoms with Gasteiger partial charge < -0.3 is 4.84 Å². The SMILES string of the molecule is CCCCNOC(=O)Cc1ccccc1. The maximum Gasteiger partial charge on any atom is 0.329 e. The summed E-state index contributed by atoms with van der Waals surface area (Å²) in [6, 6.07) is 9.56. The molecule has 0 saturated heterocycles. The summed E-state index contributed by atoms with van der Waals surface area (Å²) >= 11 is 0. The summed E-state index contributed by atoms with van der Waals surface area (Å²) in [4.78, 5) is 16.1. The van der Waals surface area contributed by atoms with Gasteiger partial charge in [0.05, 0.1) is 6.42 Å². The molecule has 3 nitrogen and oxygen atoms in total. The summed E-state index contributed by atoms with van der Waals surface area (Å²) < 4.78 is 0. The molecule has 0 radical (unpaired) electrons. The van der Waals surface area contributed by atoms with Crippen LogP contribution in [0.2, 0.25) is 0 Å². The van der Waals surface area contributed by atoms with Crippen LogP contribution in [0.25, 0.3) is 0 Å². The topological polar surface area (TPSA) is 38.3 Å². The van der Waals surface area contributed by atoms with Gasteiger partial charge in [-0.15, -0.1) is 0 Å². The minimum atomic E-state index is -0.239. The largest absolute Gasteiger partial charge is 0.370 e. The summed E-state index contributed by atoms with van der Waals surface area (Å²) in [5.74, 6) is -0.239. The van der Waals surface area contributed by atoms with Gasteiger partial charge in [0.15, 0.2) is 0 Å². The lowest BCUT2D eigenvalue weighted by Crippen LogP contribution is -2.22. The Bertz CT molecular complexity index is 285. The van der Waals surface area contributed by atoms with Crippen LogP contribution in [0.5, 0.6) is 0 Å². The average Bonchev–Trinajstić information content (AvgIpc) is 2.26. The minimum Gasteiger partial charge on any atom is -0.370 e. The van der Waals surface area contributed by atoms with Crippen molar-refractivity contribution in [3.8, 4) is 0 Å². The molecule has 0 heterocycles. The smallest absolute Gasteiger partial charge is 0.329 e. The molecule has 1 rings (SSSR count). The molecular formula is C12H17NO2. The van der Waals surface area contributed by atoms with Crippen LogP contribution in [-0.2, 0) is 16.1 Å². The molecule has 1 aromatic carbocycles. The molecule has 0 amide bonds. The van der Waals surface area contributed by atoms with Crippen molar-refractivity contribution in [3.05, 3.63) is 35.9 Å². The molecule has 0 aromatic heterocycles. The highest BCUT2D eigenvalue weighted by Gasteiger charge is 2.03. The van der Waals surface area contributed by atoms with Crippen LogP contribution in [-0.4, -0.2) is 12.5 Å². The van der Waals surface area contributed by atoms with E-state index < -0.39 is 0 Å². The highest BCUT2D eigenvalue weighted by molar-refractivity contribution is 5.72. The Morgan fingerprint density at radius 2 is 2.07 bits per heavy atom. The van der Waals surface area contributed by atoms with E-state index in [1.165, 1.54) is 0 Å². The molecule has 0 fully saturated rings. The van der Waals surface area contributed by atoms with Crippen LogP contribution in [0.15, 0.2) is 30.3 Å². The number of nitrogens with one attached hydrogen (secondary N) is 1. The Labute approximate surface area is 90.4 Å². The zero-order valence-electron chi connectivity index (χ0n) is 9.03. The fraction of sp³-hybridized carbons (Fsp3) is 0.417. The van der Waals surface area contributed by atoms with Gasteiger partial charge in [0.1, 0.15) is 0 Å². The van der Waals surface area contributed by atoms with Crippen molar-refractivity contribution in [2.24, 2.45) is 0 Å². The van der Waals surface area contributed by atoms with Gasteiger partial charge in [-0.3, -0.25) is 4.79 Å². The first-order valence-corrected chi connectivity index (χ1v) is 5.29. The number of hydrogen-bond donors (Lipinski definition) is 1. The predicted octanol–water partition coefficient (Wildman–Crippen LogP) is 2.08. The quantitative estimate of drug-likeness (QED) is 0.573. The molecule has 15 heavy (non-hydrogen) atoms. The maximum absolute atomic E-state index is 11.3. The molecule has 0 unspecified atom stereocenters. The van der Waals surface area contributed by atoms with Crippen LogP contribution < -0.4 is 5.48 Å². The molecule has 82 valence electrons. The summed E-state index contributed by atoms with van der Waals surface area (Å²) in [5, 5.41) is 0. The van der Waals surface area contributed by atoms with E-state index in [9.17, 15) is 4.79 Å². The number of hydroxylamine groups is 1. The Morgan fingerprint density at radius 1 is 1.33 bits per heavy atom. The molecule has 0 aliphatic carbocycles. The number of benzene rings is 1. The number of rotatable bonds is 6. The average molecular weight is 207 g/mol. The monoisotopic (exact) mass is 207 g/mol. The highest BCUT2D eigenvalue weighted by Crippen LogP contribution is 1.99. The van der Waals surface area contributed by atoms with Gasteiger partial charge in [-0.2, -0.15) is 5.48 Å². The third-order valence-corrected chi connectivity index (χ3v) is 2.01. The molecule has 0 bridgehead atoms. The maximum atomic E-state index is 11.3. The third kappa shape index (κ3) is 5.18. The second-order valence-corrected chi connectivity index (χ2v) is 3.38. The number of unbranched alkanes of at least 4 members (excludes halogenated alkanes) is 1. The van der Waals surface area contributed by atoms with E-state index in [1.807, 2.05) is 30.3 Å². The number of carbonyl (C=O) groups is 1. The van der Waals surface area contributed by atoms with Gasteiger partial charge in [0.25, 0.3) is 0 Å². The van der Waals surface area contributed by atoms with Crippen LogP contribution in [0.4, 0.5) is 0 Å². The van der Waals surface area contributed by atoms with Gasteiger partial charge in [-0.25, -0.2) is 0 Å². The van der Waals surface area contributed by atoms with E-state index in [1.54, 1.807) is 0 Å². The van der Waals surface area contributed by atoms with E-state index in [0.717, 1.165) is 24.9 Å². The first-order chi connectivity index (χ1) is 7.33. The van der Waals surface area contributed by atoms with Crippen LogP contribution >= 0.6 is 0 Å². The van der Waals surface area contributed by atoms with Gasteiger partial charge >= 0.3 is 5.97 Å². The Balaban J connectivity index is 2.19. The normalized spacial score (nSPS) is 9.93. The van der Waals surface area contributed by atoms with Crippen LogP contribution in [0.3, 0.4) is 0 Å². The van der Waals surface area contributed by atoms with Gasteiger partial charge in [0, 0.05) is 6.54 Å². The van der Waals surface area contributed by atoms with E-state index in [4.69, 9.17) is 4.84 Å². The molecule has 0 aliphatic heterocycles. The molecule has 0 aliphatic rings. The Morgan fingerprint density at radius 3 is 2.73 bits per heavy atom. The van der Waals surface area contributed by atoms with Crippen molar-refractivity contribution < 1.29 is 9.63 Å². The van der Waals surface area contributed by atoms with Gasteiger partial charge in [0.2, 0.25) is 0 Å². The van der Waals surface area contributed by atoms with Crippen molar-refractivity contribution >= 4 is 5.97 Å². The van der Waals surface area contributed by atoms with E-state index >= 15 is 0 Å². The minimum absolute atomic E-state index is 0.239. The zero-order chi connectivity index (χ0) is 10.9. The fourth-order valence-electron chi connectivity index (χ4n) is 1.18. The lowest BCUT2D eigenvalue weighted by atomic mass is 10.2. The van der Waals surface area contributed by atoms with E-state index in [-0.39, 0.29) is 5.97 Å². The molecular weight excluding hydrogens is 190 g/mol. The van der Waals surface area contributed by atoms with Crippen LogP contribution in [0, 0.1) is 0 Å². The van der Waals surface area contributed by atoms with Crippen molar-refractivity contribution in [2.75, 3.05) is 6.54 Å². The molecule has 0 spiro atoms. The predicted molar refractivity (Wildman–Crippen MR) is 59.1 cm³/mol. The molecule has 1 aromatic rings. The molecule has 0 atom stereocenters. The standard InChI is InChI=1S/C12H17NO2/c1-2-3-9-13-15-12(14)10-11-7-5-4-6-8-11/h4-8,13H,2-3,9-10H2,1H3. The number of carbonyl (C=O) groups excluding carboxylic acids is 1. The lowest BCUT2D eigenvalue weighted by Gasteiger charge is -2.04. The Hall–Kier alpha value is -1.35. The van der Waals surface area contributed by atoms with Crippen molar-refractivity contribution in [1.29, 1.82) is 0 Å². The summed E-state index contributed by atoms with van der Waals surface area (Å²) in [7, 11) is 0. The summed E-state index contributed by atoms with van der Waals surface area (Å²) in [6.45, 7) is 2.81. The third-order valence-electron chi connectivity index (χ3n) is 2.01. The summed E-state index contributed by atoms with van der Waals surface area (Å²) in [5.41, 5.74) is 3.63. The number of hydrogen-bond acceptors (Lipinski definition) is 3. The molecule has 0 saturated carbocycles. The zero-order valence-corrected chi connectivity index (χ0v) is 9.03.